The van der Waals surface area contributed by atoms with E-state index in [-0.39, 0.29) is 11.5 Å². The Kier molecular flexibility index (Phi) is 3.87. The van der Waals surface area contributed by atoms with E-state index in [0.29, 0.717) is 6.08 Å². The first kappa shape index (κ1) is 12.3. The van der Waals surface area contributed by atoms with E-state index >= 15 is 0 Å². The Bertz CT molecular complexity index is 480. The molecule has 17 heavy (non-hydrogen) atoms. The smallest absolute Gasteiger partial charge is 0.328 e. The number of amides is 1. The zero-order valence-electron chi connectivity index (χ0n) is 8.36. The van der Waals surface area contributed by atoms with Crippen molar-refractivity contribution < 1.29 is 19.6 Å². The average molecular weight is 237 g/mol. The zero-order chi connectivity index (χ0) is 12.8. The topological polar surface area (TPSA) is 122 Å². The fourth-order valence-electron chi connectivity index (χ4n) is 0.883. The molecular formula is C9H7N3O5. The highest BCUT2D eigenvalue weighted by Gasteiger charge is 2.06. The molecule has 0 spiro atoms. The van der Waals surface area contributed by atoms with Crippen molar-refractivity contribution in [1.29, 1.82) is 0 Å². The molecule has 88 valence electrons. The number of carboxylic acid groups (broad SMARTS) is 1. The molecule has 0 aromatic carbocycles. The van der Waals surface area contributed by atoms with Gasteiger partial charge in [0.2, 0.25) is 5.91 Å². The van der Waals surface area contributed by atoms with E-state index < -0.39 is 16.8 Å². The fourth-order valence-corrected chi connectivity index (χ4v) is 0.883. The Morgan fingerprint density at radius 3 is 2.59 bits per heavy atom. The van der Waals surface area contributed by atoms with Gasteiger partial charge in [0.05, 0.1) is 4.92 Å². The van der Waals surface area contributed by atoms with Crippen LogP contribution in [0.4, 0.5) is 11.5 Å². The second-order valence-electron chi connectivity index (χ2n) is 2.82. The summed E-state index contributed by atoms with van der Waals surface area (Å²) in [6.07, 6.45) is 2.46. The van der Waals surface area contributed by atoms with Gasteiger partial charge < -0.3 is 10.4 Å². The number of aliphatic carboxylic acids is 1. The van der Waals surface area contributed by atoms with Crippen LogP contribution < -0.4 is 5.32 Å². The molecule has 8 heteroatoms. The largest absolute Gasteiger partial charge is 0.478 e. The molecule has 1 aromatic heterocycles. The quantitative estimate of drug-likeness (QED) is 0.448. The number of nitrogens with one attached hydrogen (secondary N) is 1. The molecule has 1 amide bonds. The van der Waals surface area contributed by atoms with Crippen LogP contribution in [0, 0.1) is 10.1 Å². The maximum absolute atomic E-state index is 11.1. The maximum Gasteiger partial charge on any atom is 0.328 e. The standard InChI is InChI=1S/C9H7N3O5/c13-8(3-4-9(14)15)11-7-2-1-6(5-10-7)12(16)17/h1-5H,(H,14,15)(H,10,11,13)/b4-3-. The van der Waals surface area contributed by atoms with E-state index in [0.717, 1.165) is 12.3 Å². The number of hydrogen-bond donors (Lipinski definition) is 2. The molecule has 1 rings (SSSR count). The Hall–Kier alpha value is -2.77. The predicted octanol–water partition coefficient (Wildman–Crippen LogP) is 0.569. The Morgan fingerprint density at radius 1 is 1.41 bits per heavy atom. The van der Waals surface area contributed by atoms with Crippen molar-refractivity contribution >= 4 is 23.4 Å². The fraction of sp³-hybridized carbons (Fsp3) is 0. The predicted molar refractivity (Wildman–Crippen MR) is 56.3 cm³/mol. The van der Waals surface area contributed by atoms with Crippen molar-refractivity contribution in [3.05, 3.63) is 40.6 Å². The summed E-state index contributed by atoms with van der Waals surface area (Å²) < 4.78 is 0. The van der Waals surface area contributed by atoms with Gasteiger partial charge >= 0.3 is 5.97 Å². The van der Waals surface area contributed by atoms with Gasteiger partial charge in [-0.2, -0.15) is 0 Å². The molecule has 1 heterocycles. The first-order valence-corrected chi connectivity index (χ1v) is 4.31. The number of nitro groups is 1. The Labute approximate surface area is 94.7 Å². The number of rotatable bonds is 4. The number of carbonyl (C=O) groups is 2. The highest BCUT2D eigenvalue weighted by Crippen LogP contribution is 2.11. The highest BCUT2D eigenvalue weighted by atomic mass is 16.6. The molecule has 1 aromatic rings. The van der Waals surface area contributed by atoms with E-state index in [4.69, 9.17) is 5.11 Å². The van der Waals surface area contributed by atoms with Crippen molar-refractivity contribution in [2.24, 2.45) is 0 Å². The first-order chi connectivity index (χ1) is 7.99. The molecule has 0 aliphatic carbocycles. The molecule has 0 radical (unpaired) electrons. The van der Waals surface area contributed by atoms with Crippen LogP contribution in [0.15, 0.2) is 30.5 Å². The van der Waals surface area contributed by atoms with Crippen molar-refractivity contribution in [3.8, 4) is 0 Å². The maximum atomic E-state index is 11.1. The summed E-state index contributed by atoms with van der Waals surface area (Å²) in [5.41, 5.74) is -0.205. The zero-order valence-corrected chi connectivity index (χ0v) is 8.36. The van der Waals surface area contributed by atoms with Crippen LogP contribution in [0.25, 0.3) is 0 Å². The normalized spacial score (nSPS) is 10.1. The van der Waals surface area contributed by atoms with E-state index in [1.54, 1.807) is 0 Å². The van der Waals surface area contributed by atoms with Gasteiger partial charge in [0, 0.05) is 18.2 Å². The lowest BCUT2D eigenvalue weighted by atomic mass is 10.4. The summed E-state index contributed by atoms with van der Waals surface area (Å²) in [4.78, 5) is 34.5. The molecule has 2 N–H and O–H groups in total. The minimum Gasteiger partial charge on any atom is -0.478 e. The third kappa shape index (κ3) is 4.08. The summed E-state index contributed by atoms with van der Waals surface area (Å²) in [7, 11) is 0. The van der Waals surface area contributed by atoms with Gasteiger partial charge in [0.15, 0.2) is 0 Å². The summed E-state index contributed by atoms with van der Waals surface area (Å²) in [6, 6.07) is 2.41. The lowest BCUT2D eigenvalue weighted by Gasteiger charge is -1.99. The number of nitrogens with zero attached hydrogens (tertiary/aromatic N) is 2. The molecule has 0 bridgehead atoms. The van der Waals surface area contributed by atoms with E-state index in [2.05, 4.69) is 10.3 Å². The van der Waals surface area contributed by atoms with Gasteiger partial charge in [0.1, 0.15) is 12.0 Å². The molecular weight excluding hydrogens is 230 g/mol. The first-order valence-electron chi connectivity index (χ1n) is 4.31. The van der Waals surface area contributed by atoms with Gasteiger partial charge in [-0.05, 0) is 6.07 Å². The molecule has 0 saturated carbocycles. The number of hydrogen-bond acceptors (Lipinski definition) is 5. The van der Waals surface area contributed by atoms with Crippen LogP contribution in [-0.4, -0.2) is 26.9 Å². The Morgan fingerprint density at radius 2 is 2.12 bits per heavy atom. The molecule has 0 atom stereocenters. The highest BCUT2D eigenvalue weighted by molar-refractivity contribution is 6.01. The lowest BCUT2D eigenvalue weighted by Crippen LogP contribution is -2.09. The summed E-state index contributed by atoms with van der Waals surface area (Å²) in [5.74, 6) is -1.85. The van der Waals surface area contributed by atoms with Crippen molar-refractivity contribution in [3.63, 3.8) is 0 Å². The number of pyridine rings is 1. The van der Waals surface area contributed by atoms with Crippen LogP contribution in [0.5, 0.6) is 0 Å². The summed E-state index contributed by atoms with van der Waals surface area (Å²) in [5, 5.41) is 20.8. The molecule has 0 saturated heterocycles. The molecule has 8 nitrogen and oxygen atoms in total. The van der Waals surface area contributed by atoms with Crippen molar-refractivity contribution in [1.82, 2.24) is 4.98 Å². The number of aromatic nitrogens is 1. The third-order valence-corrected chi connectivity index (χ3v) is 1.59. The van der Waals surface area contributed by atoms with Gasteiger partial charge in [-0.25, -0.2) is 9.78 Å². The second kappa shape index (κ2) is 5.35. The number of carboxylic acids is 1. The molecule has 0 aliphatic heterocycles. The number of anilines is 1. The monoisotopic (exact) mass is 237 g/mol. The van der Waals surface area contributed by atoms with E-state index in [9.17, 15) is 19.7 Å². The van der Waals surface area contributed by atoms with Crippen LogP contribution in [-0.2, 0) is 9.59 Å². The van der Waals surface area contributed by atoms with Gasteiger partial charge in [-0.1, -0.05) is 0 Å². The molecule has 0 unspecified atom stereocenters. The van der Waals surface area contributed by atoms with Crippen LogP contribution >= 0.6 is 0 Å². The van der Waals surface area contributed by atoms with Crippen LogP contribution in [0.3, 0.4) is 0 Å². The minimum atomic E-state index is -1.25. The third-order valence-electron chi connectivity index (χ3n) is 1.59. The molecule has 0 aliphatic rings. The summed E-state index contributed by atoms with van der Waals surface area (Å²) >= 11 is 0. The average Bonchev–Trinajstić information content (AvgIpc) is 2.27. The summed E-state index contributed by atoms with van der Waals surface area (Å²) in [6.45, 7) is 0. The van der Waals surface area contributed by atoms with Gasteiger partial charge in [-0.3, -0.25) is 14.9 Å². The number of carbonyl (C=O) groups excluding carboxylic acids is 1. The molecule has 0 fully saturated rings. The van der Waals surface area contributed by atoms with Crippen molar-refractivity contribution in [2.75, 3.05) is 5.32 Å². The minimum absolute atomic E-state index is 0.0932. The van der Waals surface area contributed by atoms with Gasteiger partial charge in [0.25, 0.3) is 5.69 Å². The van der Waals surface area contributed by atoms with Crippen molar-refractivity contribution in [2.45, 2.75) is 0 Å². The van der Waals surface area contributed by atoms with Gasteiger partial charge in [-0.15, -0.1) is 0 Å². The van der Waals surface area contributed by atoms with Crippen LogP contribution in [0.2, 0.25) is 0 Å². The lowest BCUT2D eigenvalue weighted by molar-refractivity contribution is -0.385. The second-order valence-corrected chi connectivity index (χ2v) is 2.82. The van der Waals surface area contributed by atoms with E-state index in [1.165, 1.54) is 12.1 Å². The Balaban J connectivity index is 2.66. The van der Waals surface area contributed by atoms with Crippen LogP contribution in [0.1, 0.15) is 0 Å². The SMILES string of the molecule is O=C(O)/C=C\C(=O)Nc1ccc([N+](=O)[O-])cn1. The van der Waals surface area contributed by atoms with E-state index in [1.807, 2.05) is 0 Å².